The number of ether oxygens (including phenoxy) is 1. The smallest absolute Gasteiger partial charge is 0.331 e. The summed E-state index contributed by atoms with van der Waals surface area (Å²) in [5.41, 5.74) is 2.20. The number of rotatable bonds is 5. The number of hydrogen-bond acceptors (Lipinski definition) is 4. The Morgan fingerprint density at radius 1 is 0.853 bits per heavy atom. The number of benzene rings is 3. The first-order valence-corrected chi connectivity index (χ1v) is 12.7. The molecule has 176 valence electrons. The van der Waals surface area contributed by atoms with Crippen LogP contribution in [0.2, 0.25) is 0 Å². The molecule has 1 aliphatic heterocycles. The Labute approximate surface area is 201 Å². The van der Waals surface area contributed by atoms with Crippen LogP contribution in [0.5, 0.6) is 0 Å². The summed E-state index contributed by atoms with van der Waals surface area (Å²) in [6.45, 7) is 7.24. The van der Waals surface area contributed by atoms with Crippen molar-refractivity contribution >= 4 is 21.7 Å². The molecule has 0 saturated carbocycles. The summed E-state index contributed by atoms with van der Waals surface area (Å²) in [4.78, 5) is 13.7. The van der Waals surface area contributed by atoms with Crippen LogP contribution in [-0.2, 0) is 19.6 Å². The van der Waals surface area contributed by atoms with Gasteiger partial charge in [-0.2, -0.15) is 0 Å². The maximum Gasteiger partial charge on any atom is 0.331 e. The number of hydrogen-bond donors (Lipinski definition) is 0. The van der Waals surface area contributed by atoms with E-state index in [0.717, 1.165) is 11.1 Å². The van der Waals surface area contributed by atoms with Crippen LogP contribution in [0.3, 0.4) is 0 Å². The van der Waals surface area contributed by atoms with E-state index >= 15 is 0 Å². The molecule has 0 unspecified atom stereocenters. The number of carbonyl (C=O) groups excluding carboxylic acids is 1. The monoisotopic (exact) mass is 475 g/mol. The molecule has 5 nitrogen and oxygen atoms in total. The van der Waals surface area contributed by atoms with Gasteiger partial charge in [0.2, 0.25) is 0 Å². The van der Waals surface area contributed by atoms with Gasteiger partial charge in [-0.15, -0.1) is 0 Å². The Morgan fingerprint density at radius 3 is 1.97 bits per heavy atom. The van der Waals surface area contributed by atoms with Gasteiger partial charge in [-0.3, -0.25) is 4.31 Å². The van der Waals surface area contributed by atoms with Gasteiger partial charge in [0.1, 0.15) is 5.60 Å². The zero-order chi connectivity index (χ0) is 24.5. The van der Waals surface area contributed by atoms with Crippen LogP contribution in [0.15, 0.2) is 95.9 Å². The van der Waals surface area contributed by atoms with Crippen molar-refractivity contribution in [1.29, 1.82) is 0 Å². The molecular weight excluding hydrogens is 446 g/mol. The third-order valence-corrected chi connectivity index (χ3v) is 7.46. The summed E-state index contributed by atoms with van der Waals surface area (Å²) in [6.07, 6.45) is 1.87. The summed E-state index contributed by atoms with van der Waals surface area (Å²) < 4.78 is 35.1. The lowest BCUT2D eigenvalue weighted by atomic mass is 9.93. The van der Waals surface area contributed by atoms with E-state index in [1.807, 2.05) is 73.7 Å². The van der Waals surface area contributed by atoms with E-state index < -0.39 is 33.6 Å². The molecule has 0 N–H and O–H groups in total. The van der Waals surface area contributed by atoms with Crippen molar-refractivity contribution in [3.05, 3.63) is 108 Å². The van der Waals surface area contributed by atoms with Crippen LogP contribution in [0, 0.1) is 6.92 Å². The zero-order valence-corrected chi connectivity index (χ0v) is 20.6. The average Bonchev–Trinajstić information content (AvgIpc) is 3.21. The van der Waals surface area contributed by atoms with Crippen molar-refractivity contribution in [3.8, 4) is 0 Å². The van der Waals surface area contributed by atoms with Crippen molar-refractivity contribution in [2.75, 3.05) is 0 Å². The minimum absolute atomic E-state index is 0.127. The minimum atomic E-state index is -4.08. The molecule has 3 aromatic rings. The second-order valence-electron chi connectivity index (χ2n) is 9.45. The third kappa shape index (κ3) is 4.77. The van der Waals surface area contributed by atoms with Crippen LogP contribution < -0.4 is 0 Å². The van der Waals surface area contributed by atoms with Crippen LogP contribution in [-0.4, -0.2) is 30.3 Å². The van der Waals surface area contributed by atoms with Gasteiger partial charge in [0, 0.05) is 5.92 Å². The predicted octanol–water partition coefficient (Wildman–Crippen LogP) is 5.53. The SMILES string of the molecule is Cc1ccc(S(=O)(=O)N2C(c3ccccc3)=C[C@H](c3ccccc3)[C@H]2C(=O)OC(C)(C)C)cc1. The minimum Gasteiger partial charge on any atom is -0.458 e. The molecular formula is C28H29NO4S. The largest absolute Gasteiger partial charge is 0.458 e. The molecule has 0 radical (unpaired) electrons. The Morgan fingerprint density at radius 2 is 1.41 bits per heavy atom. The average molecular weight is 476 g/mol. The Kier molecular flexibility index (Phi) is 6.36. The maximum atomic E-state index is 14.1. The molecule has 3 aromatic carbocycles. The highest BCUT2D eigenvalue weighted by molar-refractivity contribution is 7.89. The quantitative estimate of drug-likeness (QED) is 0.455. The van der Waals surface area contributed by atoms with Gasteiger partial charge >= 0.3 is 5.97 Å². The topological polar surface area (TPSA) is 63.7 Å². The first kappa shape index (κ1) is 23.8. The van der Waals surface area contributed by atoms with E-state index in [-0.39, 0.29) is 4.90 Å². The lowest BCUT2D eigenvalue weighted by Crippen LogP contribution is -2.46. The highest BCUT2D eigenvalue weighted by Gasteiger charge is 2.48. The molecule has 0 fully saturated rings. The first-order valence-electron chi connectivity index (χ1n) is 11.2. The van der Waals surface area contributed by atoms with E-state index in [0.29, 0.717) is 11.3 Å². The fourth-order valence-electron chi connectivity index (χ4n) is 4.12. The summed E-state index contributed by atoms with van der Waals surface area (Å²) in [6, 6.07) is 24.3. The molecule has 1 heterocycles. The fraction of sp³-hybridized carbons (Fsp3) is 0.250. The molecule has 0 aromatic heterocycles. The molecule has 0 amide bonds. The van der Waals surface area contributed by atoms with E-state index in [1.165, 1.54) is 4.31 Å². The van der Waals surface area contributed by atoms with Gasteiger partial charge in [-0.25, -0.2) is 13.2 Å². The third-order valence-electron chi connectivity index (χ3n) is 5.65. The Hall–Kier alpha value is -3.38. The second-order valence-corrected chi connectivity index (χ2v) is 11.3. The van der Waals surface area contributed by atoms with E-state index in [9.17, 15) is 13.2 Å². The van der Waals surface area contributed by atoms with Gasteiger partial charge in [0.25, 0.3) is 10.0 Å². The summed E-state index contributed by atoms with van der Waals surface area (Å²) in [7, 11) is -4.08. The number of sulfonamides is 1. The number of esters is 1. The van der Waals surface area contributed by atoms with Gasteiger partial charge in [0.05, 0.1) is 10.6 Å². The predicted molar refractivity (Wildman–Crippen MR) is 133 cm³/mol. The molecule has 0 bridgehead atoms. The molecule has 0 aliphatic carbocycles. The van der Waals surface area contributed by atoms with Crippen LogP contribution in [0.25, 0.3) is 5.70 Å². The van der Waals surface area contributed by atoms with E-state index in [2.05, 4.69) is 0 Å². The van der Waals surface area contributed by atoms with Crippen molar-refractivity contribution in [3.63, 3.8) is 0 Å². The fourth-order valence-corrected chi connectivity index (χ4v) is 5.77. The van der Waals surface area contributed by atoms with Crippen LogP contribution in [0.4, 0.5) is 0 Å². The first-order chi connectivity index (χ1) is 16.1. The van der Waals surface area contributed by atoms with Crippen LogP contribution in [0.1, 0.15) is 43.4 Å². The molecule has 2 atom stereocenters. The number of carbonyl (C=O) groups is 1. The van der Waals surface area contributed by atoms with Crippen molar-refractivity contribution in [2.45, 2.75) is 50.2 Å². The zero-order valence-electron chi connectivity index (χ0n) is 19.8. The Balaban J connectivity index is 1.93. The lowest BCUT2D eigenvalue weighted by molar-refractivity contribution is -0.158. The standard InChI is InChI=1S/C28H29NO4S/c1-20-15-17-23(18-16-20)34(31,32)29-25(22-13-9-6-10-14-22)19-24(21-11-7-5-8-12-21)26(29)27(30)33-28(2,3)4/h5-19,24,26H,1-4H3/t24-,26+/m1/s1. The number of nitrogens with zero attached hydrogens (tertiary/aromatic N) is 1. The molecule has 34 heavy (non-hydrogen) atoms. The van der Waals surface area contributed by atoms with E-state index in [4.69, 9.17) is 4.74 Å². The van der Waals surface area contributed by atoms with Gasteiger partial charge in [0.15, 0.2) is 6.04 Å². The lowest BCUT2D eigenvalue weighted by Gasteiger charge is -2.32. The normalized spacial score (nSPS) is 18.5. The van der Waals surface area contributed by atoms with Crippen molar-refractivity contribution in [1.82, 2.24) is 4.31 Å². The van der Waals surface area contributed by atoms with E-state index in [1.54, 1.807) is 45.0 Å². The van der Waals surface area contributed by atoms with Crippen LogP contribution >= 0.6 is 0 Å². The highest BCUT2D eigenvalue weighted by Crippen LogP contribution is 2.43. The Bertz CT molecular complexity index is 1290. The summed E-state index contributed by atoms with van der Waals surface area (Å²) in [5, 5.41) is 0. The highest BCUT2D eigenvalue weighted by atomic mass is 32.2. The van der Waals surface area contributed by atoms with Gasteiger partial charge < -0.3 is 4.74 Å². The van der Waals surface area contributed by atoms with Crippen molar-refractivity contribution in [2.24, 2.45) is 0 Å². The number of aryl methyl sites for hydroxylation is 1. The molecule has 0 spiro atoms. The van der Waals surface area contributed by atoms with Gasteiger partial charge in [-0.1, -0.05) is 78.4 Å². The molecule has 4 rings (SSSR count). The van der Waals surface area contributed by atoms with Gasteiger partial charge in [-0.05, 0) is 57.0 Å². The molecule has 6 heteroatoms. The molecule has 0 saturated heterocycles. The maximum absolute atomic E-state index is 14.1. The molecule has 1 aliphatic rings. The second kappa shape index (κ2) is 9.11. The summed E-state index contributed by atoms with van der Waals surface area (Å²) >= 11 is 0. The summed E-state index contributed by atoms with van der Waals surface area (Å²) in [5.74, 6) is -1.09. The van der Waals surface area contributed by atoms with Crippen molar-refractivity contribution < 1.29 is 17.9 Å².